The predicted molar refractivity (Wildman–Crippen MR) is 100 cm³/mol. The minimum atomic E-state index is -4.41. The summed E-state index contributed by atoms with van der Waals surface area (Å²) >= 11 is 0. The first-order valence-electron chi connectivity index (χ1n) is 10.1. The Morgan fingerprint density at radius 2 is 1.08 bits per heavy atom. The van der Waals surface area contributed by atoms with Gasteiger partial charge in [-0.1, -0.05) is 97.3 Å². The molecule has 146 valence electrons. The molecule has 2 unspecified atom stereocenters. The van der Waals surface area contributed by atoms with Crippen molar-refractivity contribution in [3.63, 3.8) is 0 Å². The number of unbranched alkanes of at least 4 members (excludes halogenated alkanes) is 11. The van der Waals surface area contributed by atoms with E-state index >= 15 is 0 Å². The van der Waals surface area contributed by atoms with E-state index in [1.54, 1.807) is 0 Å². The zero-order chi connectivity index (χ0) is 18.3. The smallest absolute Gasteiger partial charge is 0.748 e. The Labute approximate surface area is 178 Å². The monoisotopic (exact) mass is 386 g/mol. The fourth-order valence-corrected chi connectivity index (χ4v) is 4.13. The van der Waals surface area contributed by atoms with E-state index in [-0.39, 0.29) is 29.6 Å². The molecule has 0 rings (SSSR count). The van der Waals surface area contributed by atoms with Crippen LogP contribution >= 0.6 is 0 Å². The van der Waals surface area contributed by atoms with Crippen molar-refractivity contribution in [1.82, 2.24) is 0 Å². The first kappa shape index (κ1) is 28.1. The maximum atomic E-state index is 11.4. The fraction of sp³-hybridized carbons (Fsp3) is 1.00. The first-order chi connectivity index (χ1) is 11.4. The average Bonchev–Trinajstić information content (AvgIpc) is 2.52. The Morgan fingerprint density at radius 3 is 1.52 bits per heavy atom. The molecule has 0 saturated heterocycles. The van der Waals surface area contributed by atoms with Gasteiger partial charge in [-0.15, -0.1) is 0 Å². The molecule has 6 heteroatoms. The maximum Gasteiger partial charge on any atom is 1.00 e. The van der Waals surface area contributed by atoms with Crippen LogP contribution in [0.2, 0.25) is 0 Å². The Hall–Kier alpha value is 0.870. The van der Waals surface area contributed by atoms with Crippen LogP contribution in [-0.2, 0) is 10.1 Å². The largest absolute Gasteiger partial charge is 1.00 e. The van der Waals surface area contributed by atoms with Gasteiger partial charge in [-0.3, -0.25) is 0 Å². The van der Waals surface area contributed by atoms with Gasteiger partial charge in [0.1, 0.15) is 10.1 Å². The third-order valence-electron chi connectivity index (χ3n) is 4.75. The van der Waals surface area contributed by atoms with Crippen molar-refractivity contribution in [3.8, 4) is 0 Å². The summed E-state index contributed by atoms with van der Waals surface area (Å²) in [5, 5.41) is 8.97. The molecule has 0 spiro atoms. The predicted octanol–water partition coefficient (Wildman–Crippen LogP) is 2.16. The molecule has 0 saturated carbocycles. The second-order valence-electron chi connectivity index (χ2n) is 7.07. The van der Waals surface area contributed by atoms with Crippen LogP contribution in [0.1, 0.15) is 110 Å². The van der Waals surface area contributed by atoms with Crippen molar-refractivity contribution in [1.29, 1.82) is 0 Å². The summed E-state index contributed by atoms with van der Waals surface area (Å²) in [6.07, 6.45) is 14.0. The molecule has 0 aliphatic carbocycles. The topological polar surface area (TPSA) is 77.4 Å². The van der Waals surface area contributed by atoms with E-state index in [1.165, 1.54) is 38.5 Å². The molecule has 0 radical (unpaired) electrons. The van der Waals surface area contributed by atoms with Gasteiger partial charge in [0.05, 0.1) is 11.4 Å². The first-order valence-corrected chi connectivity index (χ1v) is 11.5. The van der Waals surface area contributed by atoms with E-state index in [1.807, 2.05) is 0 Å². The van der Waals surface area contributed by atoms with Crippen molar-refractivity contribution < 1.29 is 47.6 Å². The minimum absolute atomic E-state index is 0. The molecular weight excluding hydrogens is 347 g/mol. The van der Waals surface area contributed by atoms with Gasteiger partial charge in [-0.2, -0.15) is 0 Å². The molecule has 1 N–H and O–H groups in total. The van der Waals surface area contributed by atoms with Crippen molar-refractivity contribution in [2.24, 2.45) is 0 Å². The number of rotatable bonds is 17. The molecule has 0 bridgehead atoms. The number of hydrogen-bond acceptors (Lipinski definition) is 4. The second kappa shape index (κ2) is 18.2. The standard InChI is InChI=1S/C19H40O4S.Na/c1-3-5-7-9-10-11-12-13-15-17-19(24(21,22)23)18(20)16-14-8-6-4-2;/h18-20H,3-17H2,1-2H3,(H,21,22,23);/q;+1/p-1. The van der Waals surface area contributed by atoms with Gasteiger partial charge in [0, 0.05) is 0 Å². The zero-order valence-electron chi connectivity index (χ0n) is 16.8. The van der Waals surface area contributed by atoms with E-state index in [9.17, 15) is 18.1 Å². The van der Waals surface area contributed by atoms with E-state index in [4.69, 9.17) is 0 Å². The average molecular weight is 387 g/mol. The van der Waals surface area contributed by atoms with Crippen molar-refractivity contribution in [3.05, 3.63) is 0 Å². The van der Waals surface area contributed by atoms with Crippen molar-refractivity contribution in [2.75, 3.05) is 0 Å². The maximum absolute atomic E-state index is 11.4. The fourth-order valence-electron chi connectivity index (χ4n) is 3.15. The number of aliphatic hydroxyl groups excluding tert-OH is 1. The summed E-state index contributed by atoms with van der Waals surface area (Å²) in [5.74, 6) is 0. The van der Waals surface area contributed by atoms with Crippen LogP contribution in [0, 0.1) is 0 Å². The molecule has 0 aromatic carbocycles. The Kier molecular flexibility index (Phi) is 20.5. The molecule has 0 aliphatic heterocycles. The summed E-state index contributed by atoms with van der Waals surface area (Å²) in [5.41, 5.74) is 0. The van der Waals surface area contributed by atoms with Gasteiger partial charge < -0.3 is 9.66 Å². The molecule has 4 nitrogen and oxygen atoms in total. The van der Waals surface area contributed by atoms with E-state index in [2.05, 4.69) is 13.8 Å². The molecule has 0 aromatic rings. The van der Waals surface area contributed by atoms with Crippen LogP contribution in [0.4, 0.5) is 0 Å². The van der Waals surface area contributed by atoms with Crippen LogP contribution in [0.25, 0.3) is 0 Å². The van der Waals surface area contributed by atoms with Gasteiger partial charge in [0.15, 0.2) is 0 Å². The summed E-state index contributed by atoms with van der Waals surface area (Å²) in [6, 6.07) is 0. The van der Waals surface area contributed by atoms with Gasteiger partial charge in [0.25, 0.3) is 0 Å². The third kappa shape index (κ3) is 16.7. The van der Waals surface area contributed by atoms with Crippen LogP contribution in [0.3, 0.4) is 0 Å². The Bertz CT molecular complexity index is 374. The second-order valence-corrected chi connectivity index (χ2v) is 8.66. The molecule has 0 aliphatic rings. The normalized spacial score (nSPS) is 14.1. The summed E-state index contributed by atoms with van der Waals surface area (Å²) in [6.45, 7) is 4.31. The summed E-state index contributed by atoms with van der Waals surface area (Å²) in [4.78, 5) is 0. The van der Waals surface area contributed by atoms with Crippen LogP contribution in [0.15, 0.2) is 0 Å². The van der Waals surface area contributed by atoms with Crippen molar-refractivity contribution >= 4 is 10.1 Å². The van der Waals surface area contributed by atoms with Crippen LogP contribution in [-0.4, -0.2) is 29.4 Å². The van der Waals surface area contributed by atoms with Gasteiger partial charge >= 0.3 is 29.6 Å². The number of aliphatic hydroxyl groups is 1. The van der Waals surface area contributed by atoms with Gasteiger partial charge in [0.2, 0.25) is 0 Å². The molecule has 2 atom stereocenters. The van der Waals surface area contributed by atoms with Gasteiger partial charge in [-0.05, 0) is 12.8 Å². The van der Waals surface area contributed by atoms with Gasteiger partial charge in [-0.25, -0.2) is 8.42 Å². The molecule has 25 heavy (non-hydrogen) atoms. The SMILES string of the molecule is CCCCCCCCCCCC(C(O)CCCCCC)S(=O)(=O)[O-].[Na+]. The minimum Gasteiger partial charge on any atom is -0.748 e. The summed E-state index contributed by atoms with van der Waals surface area (Å²) in [7, 11) is -4.41. The Morgan fingerprint density at radius 1 is 0.720 bits per heavy atom. The molecular formula is C19H39NaO4S. The molecule has 0 heterocycles. The molecule has 0 aromatic heterocycles. The van der Waals surface area contributed by atoms with E-state index < -0.39 is 21.5 Å². The van der Waals surface area contributed by atoms with Crippen LogP contribution in [0.5, 0.6) is 0 Å². The third-order valence-corrected chi connectivity index (χ3v) is 6.04. The molecule has 0 fully saturated rings. The van der Waals surface area contributed by atoms with E-state index in [0.717, 1.165) is 38.5 Å². The Balaban J connectivity index is 0. The van der Waals surface area contributed by atoms with Crippen LogP contribution < -0.4 is 29.6 Å². The summed E-state index contributed by atoms with van der Waals surface area (Å²) < 4.78 is 34.2. The number of hydrogen-bond donors (Lipinski definition) is 1. The molecule has 0 amide bonds. The zero-order valence-corrected chi connectivity index (χ0v) is 19.7. The van der Waals surface area contributed by atoms with Crippen molar-refractivity contribution in [2.45, 2.75) is 122 Å². The quantitative estimate of drug-likeness (QED) is 0.236. The van der Waals surface area contributed by atoms with E-state index in [0.29, 0.717) is 19.3 Å².